The van der Waals surface area contributed by atoms with Crippen molar-refractivity contribution in [3.63, 3.8) is 0 Å². The number of hydrogen-bond donors (Lipinski definition) is 1. The van der Waals surface area contributed by atoms with Crippen molar-refractivity contribution < 1.29 is 4.79 Å². The van der Waals surface area contributed by atoms with Crippen LogP contribution in [0.5, 0.6) is 0 Å². The molecule has 4 rings (SSSR count). The number of benzene rings is 3. The third-order valence-electron chi connectivity index (χ3n) is 5.01. The summed E-state index contributed by atoms with van der Waals surface area (Å²) in [6.07, 6.45) is 0.318. The third-order valence-corrected chi connectivity index (χ3v) is 6.18. The first-order valence-corrected chi connectivity index (χ1v) is 11.5. The molecule has 1 N–H and O–H groups in total. The molecule has 1 heterocycles. The Morgan fingerprint density at radius 2 is 1.91 bits per heavy atom. The van der Waals surface area contributed by atoms with Crippen LogP contribution in [-0.2, 0) is 11.2 Å². The molecule has 0 radical (unpaired) electrons. The summed E-state index contributed by atoms with van der Waals surface area (Å²) in [6, 6.07) is 21.7. The van der Waals surface area contributed by atoms with Gasteiger partial charge in [0, 0.05) is 10.7 Å². The standard InChI is InChI=1S/C25H19ClN4O2S/c1-16-4-2-3-5-22(16)30-24(32)20-11-8-18(26)14-21(20)29-25(30)33-15-23(31)28-19-9-6-17(7-10-19)12-13-27/h2-11,14H,12,15H2,1H3,(H,28,31). The number of para-hydroxylation sites is 1. The molecule has 0 saturated carbocycles. The van der Waals surface area contributed by atoms with Gasteiger partial charge in [0.2, 0.25) is 5.91 Å². The van der Waals surface area contributed by atoms with E-state index >= 15 is 0 Å². The average Bonchev–Trinajstić information content (AvgIpc) is 2.80. The maximum absolute atomic E-state index is 13.4. The molecule has 1 aromatic heterocycles. The first-order chi connectivity index (χ1) is 16.0. The highest BCUT2D eigenvalue weighted by Crippen LogP contribution is 2.24. The van der Waals surface area contributed by atoms with E-state index in [1.165, 1.54) is 11.8 Å². The number of nitrogens with zero attached hydrogens (tertiary/aromatic N) is 3. The van der Waals surface area contributed by atoms with Gasteiger partial charge in [-0.25, -0.2) is 4.98 Å². The van der Waals surface area contributed by atoms with E-state index in [0.717, 1.165) is 11.1 Å². The van der Waals surface area contributed by atoms with Crippen LogP contribution in [0.25, 0.3) is 16.6 Å². The molecule has 4 aromatic rings. The summed E-state index contributed by atoms with van der Waals surface area (Å²) < 4.78 is 1.54. The van der Waals surface area contributed by atoms with Crippen LogP contribution >= 0.6 is 23.4 Å². The van der Waals surface area contributed by atoms with Gasteiger partial charge in [-0.05, 0) is 54.4 Å². The van der Waals surface area contributed by atoms with E-state index in [9.17, 15) is 9.59 Å². The topological polar surface area (TPSA) is 87.8 Å². The lowest BCUT2D eigenvalue weighted by Crippen LogP contribution is -2.23. The zero-order valence-corrected chi connectivity index (χ0v) is 19.3. The van der Waals surface area contributed by atoms with Crippen LogP contribution in [0.15, 0.2) is 76.7 Å². The summed E-state index contributed by atoms with van der Waals surface area (Å²) in [7, 11) is 0. The Balaban J connectivity index is 1.64. The smallest absolute Gasteiger partial charge is 0.266 e. The van der Waals surface area contributed by atoms with E-state index in [4.69, 9.17) is 16.9 Å². The molecular formula is C25H19ClN4O2S. The van der Waals surface area contributed by atoms with Crippen molar-refractivity contribution in [3.8, 4) is 11.8 Å². The van der Waals surface area contributed by atoms with Crippen LogP contribution in [0.4, 0.5) is 5.69 Å². The van der Waals surface area contributed by atoms with Gasteiger partial charge in [0.15, 0.2) is 5.16 Å². The maximum atomic E-state index is 13.4. The van der Waals surface area contributed by atoms with E-state index in [2.05, 4.69) is 16.4 Å². The van der Waals surface area contributed by atoms with Gasteiger partial charge in [-0.3, -0.25) is 14.2 Å². The van der Waals surface area contributed by atoms with E-state index < -0.39 is 0 Å². The number of nitrogens with one attached hydrogen (secondary N) is 1. The van der Waals surface area contributed by atoms with E-state index in [1.54, 1.807) is 47.0 Å². The number of rotatable bonds is 6. The lowest BCUT2D eigenvalue weighted by atomic mass is 10.1. The lowest BCUT2D eigenvalue weighted by molar-refractivity contribution is -0.113. The van der Waals surface area contributed by atoms with Crippen LogP contribution in [0.1, 0.15) is 11.1 Å². The average molecular weight is 475 g/mol. The number of carbonyl (C=O) groups excluding carboxylic acids is 1. The highest BCUT2D eigenvalue weighted by molar-refractivity contribution is 7.99. The molecule has 0 spiro atoms. The van der Waals surface area contributed by atoms with Gasteiger partial charge in [-0.2, -0.15) is 5.26 Å². The summed E-state index contributed by atoms with van der Waals surface area (Å²) in [5.41, 5.74) is 3.40. The van der Waals surface area contributed by atoms with Crippen molar-refractivity contribution in [1.82, 2.24) is 9.55 Å². The molecule has 0 fully saturated rings. The molecule has 0 aliphatic rings. The van der Waals surface area contributed by atoms with Crippen molar-refractivity contribution in [1.29, 1.82) is 5.26 Å². The second-order valence-corrected chi connectivity index (χ2v) is 8.73. The molecule has 0 bridgehead atoms. The predicted octanol–water partition coefficient (Wildman–Crippen LogP) is 5.14. The molecule has 3 aromatic carbocycles. The van der Waals surface area contributed by atoms with Crippen LogP contribution in [-0.4, -0.2) is 21.2 Å². The Labute approximate surface area is 199 Å². The highest BCUT2D eigenvalue weighted by atomic mass is 35.5. The van der Waals surface area contributed by atoms with E-state index in [0.29, 0.717) is 38.9 Å². The first kappa shape index (κ1) is 22.6. The Morgan fingerprint density at radius 3 is 2.64 bits per heavy atom. The molecule has 0 saturated heterocycles. The molecule has 8 heteroatoms. The Morgan fingerprint density at radius 1 is 1.15 bits per heavy atom. The maximum Gasteiger partial charge on any atom is 0.266 e. The number of amides is 1. The monoisotopic (exact) mass is 474 g/mol. The van der Waals surface area contributed by atoms with Gasteiger partial charge in [0.25, 0.3) is 5.56 Å². The van der Waals surface area contributed by atoms with Crippen molar-refractivity contribution in [2.75, 3.05) is 11.1 Å². The number of aryl methyl sites for hydroxylation is 1. The molecular weight excluding hydrogens is 456 g/mol. The zero-order valence-electron chi connectivity index (χ0n) is 17.7. The number of halogens is 1. The number of anilines is 1. The number of hydrogen-bond acceptors (Lipinski definition) is 5. The van der Waals surface area contributed by atoms with Crippen molar-refractivity contribution in [3.05, 3.63) is 93.2 Å². The van der Waals surface area contributed by atoms with Gasteiger partial charge >= 0.3 is 0 Å². The van der Waals surface area contributed by atoms with Crippen LogP contribution in [0, 0.1) is 18.3 Å². The summed E-state index contributed by atoms with van der Waals surface area (Å²) in [5, 5.41) is 13.0. The Hall–Kier alpha value is -3.60. The number of nitriles is 1. The van der Waals surface area contributed by atoms with Gasteiger partial charge < -0.3 is 5.32 Å². The quantitative estimate of drug-likeness (QED) is 0.308. The van der Waals surface area contributed by atoms with Crippen LogP contribution in [0.3, 0.4) is 0 Å². The third kappa shape index (κ3) is 5.08. The normalized spacial score (nSPS) is 10.7. The number of fused-ring (bicyclic) bond motifs is 1. The molecule has 1 amide bonds. The van der Waals surface area contributed by atoms with Crippen molar-refractivity contribution in [2.45, 2.75) is 18.5 Å². The Bertz CT molecular complexity index is 1440. The predicted molar refractivity (Wildman–Crippen MR) is 132 cm³/mol. The molecule has 0 aliphatic heterocycles. The summed E-state index contributed by atoms with van der Waals surface area (Å²) in [6.45, 7) is 1.92. The fourth-order valence-corrected chi connectivity index (χ4v) is 4.36. The molecule has 164 valence electrons. The highest BCUT2D eigenvalue weighted by Gasteiger charge is 2.16. The minimum absolute atomic E-state index is 0.0599. The number of carbonyl (C=O) groups is 1. The number of thioether (sulfide) groups is 1. The molecule has 0 unspecified atom stereocenters. The number of aromatic nitrogens is 2. The van der Waals surface area contributed by atoms with Gasteiger partial charge in [0.05, 0.1) is 34.8 Å². The second-order valence-electron chi connectivity index (χ2n) is 7.35. The van der Waals surface area contributed by atoms with E-state index in [1.807, 2.05) is 31.2 Å². The Kier molecular flexibility index (Phi) is 6.78. The second kappa shape index (κ2) is 9.90. The molecule has 0 aliphatic carbocycles. The molecule has 0 atom stereocenters. The summed E-state index contributed by atoms with van der Waals surface area (Å²) in [4.78, 5) is 30.6. The SMILES string of the molecule is Cc1ccccc1-n1c(SCC(=O)Nc2ccc(CC#N)cc2)nc2cc(Cl)ccc2c1=O. The van der Waals surface area contributed by atoms with E-state index in [-0.39, 0.29) is 17.2 Å². The summed E-state index contributed by atoms with van der Waals surface area (Å²) >= 11 is 7.29. The minimum atomic E-state index is -0.232. The largest absolute Gasteiger partial charge is 0.325 e. The van der Waals surface area contributed by atoms with Crippen molar-refractivity contribution in [2.24, 2.45) is 0 Å². The first-order valence-electron chi connectivity index (χ1n) is 10.1. The van der Waals surface area contributed by atoms with Crippen molar-refractivity contribution >= 4 is 45.9 Å². The fraction of sp³-hybridized carbons (Fsp3) is 0.120. The van der Waals surface area contributed by atoms with Gasteiger partial charge in [-0.15, -0.1) is 0 Å². The van der Waals surface area contributed by atoms with Crippen LogP contribution in [0.2, 0.25) is 5.02 Å². The van der Waals surface area contributed by atoms with Gasteiger partial charge in [0.1, 0.15) is 0 Å². The lowest BCUT2D eigenvalue weighted by Gasteiger charge is -2.15. The summed E-state index contributed by atoms with van der Waals surface area (Å²) in [5.74, 6) is -0.172. The zero-order chi connectivity index (χ0) is 23.4. The molecule has 33 heavy (non-hydrogen) atoms. The minimum Gasteiger partial charge on any atom is -0.325 e. The molecule has 6 nitrogen and oxygen atoms in total. The fourth-order valence-electron chi connectivity index (χ4n) is 3.39. The van der Waals surface area contributed by atoms with Gasteiger partial charge in [-0.1, -0.05) is 53.7 Å². The van der Waals surface area contributed by atoms with Crippen LogP contribution < -0.4 is 10.9 Å².